The lowest BCUT2D eigenvalue weighted by molar-refractivity contribution is 0.0939. The Morgan fingerprint density at radius 3 is 1.45 bits per heavy atom. The summed E-state index contributed by atoms with van der Waals surface area (Å²) in [5.74, 6) is -0.558. The molecule has 2 unspecified atom stereocenters. The molecule has 0 aliphatic rings. The minimum absolute atomic E-state index is 0.166. The highest BCUT2D eigenvalue weighted by atomic mass is 16.2. The van der Waals surface area contributed by atoms with E-state index >= 15 is 0 Å². The molecular weight excluding hydrogens is 362 g/mol. The third-order valence-corrected chi connectivity index (χ3v) is 4.77. The molecule has 4 N–H and O–H groups in total. The van der Waals surface area contributed by atoms with Gasteiger partial charge in [0.15, 0.2) is 0 Å². The summed E-state index contributed by atoms with van der Waals surface area (Å²) in [6, 6.07) is 23.7. The molecule has 0 radical (unpaired) electrons. The monoisotopic (exact) mass is 387 g/mol. The first-order valence-corrected chi connectivity index (χ1v) is 9.56. The van der Waals surface area contributed by atoms with Crippen molar-refractivity contribution in [3.05, 3.63) is 101 Å². The molecule has 0 aliphatic heterocycles. The quantitative estimate of drug-likeness (QED) is 0.553. The zero-order valence-corrected chi connectivity index (χ0v) is 16.6. The maximum atomic E-state index is 12.7. The lowest BCUT2D eigenvalue weighted by Crippen LogP contribution is -2.29. The molecule has 0 aromatic heterocycles. The van der Waals surface area contributed by atoms with Gasteiger partial charge in [-0.15, -0.1) is 0 Å². The Hall–Kier alpha value is -3.60. The van der Waals surface area contributed by atoms with Crippen molar-refractivity contribution in [3.63, 3.8) is 0 Å². The molecule has 3 aromatic carbocycles. The number of hydrogen-bond donors (Lipinski definition) is 3. The highest BCUT2D eigenvalue weighted by Gasteiger charge is 2.16. The fourth-order valence-corrected chi connectivity index (χ4v) is 3.12. The number of anilines is 1. The van der Waals surface area contributed by atoms with Crippen LogP contribution in [0.15, 0.2) is 78.9 Å². The SMILES string of the molecule is CC(NC(=O)c1cc(N)cc(C(=O)NC(C)c2ccccc2)c1)c1ccccc1. The number of nitrogen functional groups attached to an aromatic ring is 1. The number of hydrogen-bond acceptors (Lipinski definition) is 3. The molecule has 0 bridgehead atoms. The number of carbonyl (C=O) groups excluding carboxylic acids is 2. The smallest absolute Gasteiger partial charge is 0.251 e. The van der Waals surface area contributed by atoms with Crippen LogP contribution < -0.4 is 16.4 Å². The average molecular weight is 387 g/mol. The van der Waals surface area contributed by atoms with E-state index in [1.54, 1.807) is 18.2 Å². The zero-order chi connectivity index (χ0) is 20.8. The molecule has 3 rings (SSSR count). The van der Waals surface area contributed by atoms with Gasteiger partial charge in [0.1, 0.15) is 0 Å². The molecule has 5 nitrogen and oxygen atoms in total. The largest absolute Gasteiger partial charge is 0.399 e. The molecule has 5 heteroatoms. The van der Waals surface area contributed by atoms with Crippen molar-refractivity contribution in [2.75, 3.05) is 5.73 Å². The molecular formula is C24H25N3O2. The fourth-order valence-electron chi connectivity index (χ4n) is 3.12. The highest BCUT2D eigenvalue weighted by Crippen LogP contribution is 2.17. The maximum Gasteiger partial charge on any atom is 0.251 e. The van der Waals surface area contributed by atoms with Gasteiger partial charge in [-0.1, -0.05) is 60.7 Å². The molecule has 0 heterocycles. The van der Waals surface area contributed by atoms with Gasteiger partial charge < -0.3 is 16.4 Å². The van der Waals surface area contributed by atoms with Crippen molar-refractivity contribution < 1.29 is 9.59 Å². The van der Waals surface area contributed by atoms with Gasteiger partial charge in [-0.2, -0.15) is 0 Å². The summed E-state index contributed by atoms with van der Waals surface area (Å²) in [4.78, 5) is 25.4. The molecule has 2 amide bonds. The van der Waals surface area contributed by atoms with E-state index in [1.165, 1.54) is 0 Å². The van der Waals surface area contributed by atoms with Crippen LogP contribution in [-0.4, -0.2) is 11.8 Å². The molecule has 0 saturated carbocycles. The second kappa shape index (κ2) is 9.06. The lowest BCUT2D eigenvalue weighted by atomic mass is 10.0. The van der Waals surface area contributed by atoms with Gasteiger partial charge in [-0.05, 0) is 43.2 Å². The topological polar surface area (TPSA) is 84.2 Å². The molecule has 0 fully saturated rings. The predicted octanol–water partition coefficient (Wildman–Crippen LogP) is 4.25. The molecule has 0 saturated heterocycles. The standard InChI is InChI=1S/C24H25N3O2/c1-16(18-9-5-3-6-10-18)26-23(28)20-13-21(15-22(25)14-20)24(29)27-17(2)19-11-7-4-8-12-19/h3-17H,25H2,1-2H3,(H,26,28)(H,27,29). The van der Waals surface area contributed by atoms with E-state index in [0.29, 0.717) is 16.8 Å². The minimum atomic E-state index is -0.279. The first-order valence-electron chi connectivity index (χ1n) is 9.56. The van der Waals surface area contributed by atoms with Gasteiger partial charge in [0.25, 0.3) is 11.8 Å². The number of carbonyl (C=O) groups is 2. The van der Waals surface area contributed by atoms with Crippen LogP contribution in [0.3, 0.4) is 0 Å². The van der Waals surface area contributed by atoms with Crippen LogP contribution in [-0.2, 0) is 0 Å². The summed E-state index contributed by atoms with van der Waals surface area (Å²) in [5.41, 5.74) is 9.03. The maximum absolute atomic E-state index is 12.7. The van der Waals surface area contributed by atoms with Gasteiger partial charge in [0.05, 0.1) is 12.1 Å². The fraction of sp³-hybridized carbons (Fsp3) is 0.167. The summed E-state index contributed by atoms with van der Waals surface area (Å²) in [7, 11) is 0. The van der Waals surface area contributed by atoms with Crippen LogP contribution in [0.2, 0.25) is 0 Å². The van der Waals surface area contributed by atoms with E-state index in [0.717, 1.165) is 11.1 Å². The summed E-state index contributed by atoms with van der Waals surface area (Å²) in [6.45, 7) is 3.82. The first-order chi connectivity index (χ1) is 13.9. The Labute approximate surface area is 170 Å². The average Bonchev–Trinajstić information content (AvgIpc) is 2.74. The van der Waals surface area contributed by atoms with Crippen molar-refractivity contribution >= 4 is 17.5 Å². The number of nitrogens with one attached hydrogen (secondary N) is 2. The van der Waals surface area contributed by atoms with Crippen LogP contribution in [0, 0.1) is 0 Å². The van der Waals surface area contributed by atoms with Crippen molar-refractivity contribution in [1.82, 2.24) is 10.6 Å². The Morgan fingerprint density at radius 2 is 1.07 bits per heavy atom. The van der Waals surface area contributed by atoms with Crippen LogP contribution in [0.1, 0.15) is 57.8 Å². The second-order valence-electron chi connectivity index (χ2n) is 7.06. The van der Waals surface area contributed by atoms with Crippen LogP contribution in [0.25, 0.3) is 0 Å². The summed E-state index contributed by atoms with van der Waals surface area (Å²) in [6.07, 6.45) is 0. The van der Waals surface area contributed by atoms with E-state index in [1.807, 2.05) is 74.5 Å². The Bertz CT molecular complexity index is 910. The third-order valence-electron chi connectivity index (χ3n) is 4.77. The van der Waals surface area contributed by atoms with Crippen molar-refractivity contribution in [2.24, 2.45) is 0 Å². The van der Waals surface area contributed by atoms with Crippen LogP contribution in [0.5, 0.6) is 0 Å². The molecule has 148 valence electrons. The van der Waals surface area contributed by atoms with E-state index in [2.05, 4.69) is 10.6 Å². The van der Waals surface area contributed by atoms with E-state index in [4.69, 9.17) is 5.73 Å². The van der Waals surface area contributed by atoms with E-state index in [9.17, 15) is 9.59 Å². The third kappa shape index (κ3) is 5.23. The molecule has 2 atom stereocenters. The predicted molar refractivity (Wildman–Crippen MR) is 116 cm³/mol. The van der Waals surface area contributed by atoms with Crippen LogP contribution >= 0.6 is 0 Å². The Balaban J connectivity index is 1.73. The van der Waals surface area contributed by atoms with Crippen molar-refractivity contribution in [3.8, 4) is 0 Å². The van der Waals surface area contributed by atoms with Gasteiger partial charge in [0, 0.05) is 16.8 Å². The van der Waals surface area contributed by atoms with Gasteiger partial charge in [0.2, 0.25) is 0 Å². The van der Waals surface area contributed by atoms with Gasteiger partial charge >= 0.3 is 0 Å². The zero-order valence-electron chi connectivity index (χ0n) is 16.6. The van der Waals surface area contributed by atoms with Crippen molar-refractivity contribution in [1.29, 1.82) is 0 Å². The van der Waals surface area contributed by atoms with Crippen LogP contribution in [0.4, 0.5) is 5.69 Å². The second-order valence-corrected chi connectivity index (χ2v) is 7.06. The summed E-state index contributed by atoms with van der Waals surface area (Å²) < 4.78 is 0. The summed E-state index contributed by atoms with van der Waals surface area (Å²) in [5, 5.41) is 5.89. The Morgan fingerprint density at radius 1 is 0.690 bits per heavy atom. The number of benzene rings is 3. The number of amides is 2. The molecule has 0 aliphatic carbocycles. The Kier molecular flexibility index (Phi) is 6.29. The van der Waals surface area contributed by atoms with Gasteiger partial charge in [-0.25, -0.2) is 0 Å². The van der Waals surface area contributed by atoms with E-state index in [-0.39, 0.29) is 23.9 Å². The summed E-state index contributed by atoms with van der Waals surface area (Å²) >= 11 is 0. The first kappa shape index (κ1) is 20.1. The molecule has 0 spiro atoms. The van der Waals surface area contributed by atoms with Gasteiger partial charge in [-0.3, -0.25) is 9.59 Å². The molecule has 3 aromatic rings. The normalized spacial score (nSPS) is 12.6. The molecule has 29 heavy (non-hydrogen) atoms. The lowest BCUT2D eigenvalue weighted by Gasteiger charge is -2.16. The number of nitrogens with two attached hydrogens (primary N) is 1. The van der Waals surface area contributed by atoms with Crippen molar-refractivity contribution in [2.45, 2.75) is 25.9 Å². The highest BCUT2D eigenvalue weighted by molar-refractivity contribution is 6.01. The number of rotatable bonds is 6. The minimum Gasteiger partial charge on any atom is -0.399 e. The van der Waals surface area contributed by atoms with E-state index < -0.39 is 0 Å².